The molecule has 9 nitrogen and oxygen atoms in total. The molecule has 4 atom stereocenters. The quantitative estimate of drug-likeness (QED) is 0.0790. The van der Waals surface area contributed by atoms with Crippen LogP contribution in [0.5, 0.6) is 0 Å². The van der Waals surface area contributed by atoms with Crippen molar-refractivity contribution in [3.8, 4) is 0 Å². The van der Waals surface area contributed by atoms with E-state index < -0.39 is 29.1 Å². The molecule has 0 spiro atoms. The van der Waals surface area contributed by atoms with Crippen LogP contribution >= 0.6 is 11.6 Å². The number of ether oxygens (including phenoxy) is 1. The minimum Gasteiger partial charge on any atom is -0.444 e. The van der Waals surface area contributed by atoms with Crippen molar-refractivity contribution >= 4 is 72.9 Å². The predicted molar refractivity (Wildman–Crippen MR) is 253 cm³/mol. The van der Waals surface area contributed by atoms with E-state index in [-0.39, 0.29) is 45.7 Å². The highest BCUT2D eigenvalue weighted by Gasteiger charge is 2.56. The van der Waals surface area contributed by atoms with Gasteiger partial charge < -0.3 is 18.2 Å². The highest BCUT2D eigenvalue weighted by Crippen LogP contribution is 2.50. The summed E-state index contributed by atoms with van der Waals surface area (Å²) in [5.74, 6) is -0.243. The Morgan fingerprint density at radius 3 is 1.79 bits per heavy atom. The fourth-order valence-electron chi connectivity index (χ4n) is 8.84. The predicted octanol–water partition coefficient (Wildman–Crippen LogP) is 8.86. The molecule has 0 bridgehead atoms. The van der Waals surface area contributed by atoms with Gasteiger partial charge in [0.2, 0.25) is 15.0 Å². The van der Waals surface area contributed by atoms with Crippen LogP contribution in [0.4, 0.5) is 10.7 Å². The first-order valence-corrected chi connectivity index (χ1v) is 24.9. The SMILES string of the molecule is C=C1[C@@H](C(O[SiH](c2ccccc2)c2ccccc2)C(C)(C)C)[C@@H](O[Si](c2ccccc2)(c2ccccc2)C(C)(C)C)C[C@@H]1n1cnc2c(Cl)nc(NC(=O)OC(C)(C)C)nc21. The lowest BCUT2D eigenvalue weighted by Crippen LogP contribution is -2.68. The van der Waals surface area contributed by atoms with Crippen LogP contribution in [0.2, 0.25) is 10.2 Å². The summed E-state index contributed by atoms with van der Waals surface area (Å²) >= 11 is 6.77. The van der Waals surface area contributed by atoms with E-state index in [0.29, 0.717) is 17.6 Å². The molecule has 1 fully saturated rings. The molecule has 4 aromatic carbocycles. The van der Waals surface area contributed by atoms with E-state index in [1.54, 1.807) is 27.1 Å². The van der Waals surface area contributed by atoms with Crippen LogP contribution < -0.4 is 26.1 Å². The van der Waals surface area contributed by atoms with Gasteiger partial charge in [-0.2, -0.15) is 9.97 Å². The standard InChI is InChI=1S/C49H58ClN5O4Si2/c1-33-38(55-32-51-41-43(50)52-45(53-44(41)55)54-46(56)57-48(5,6)7)31-39(59-61(49(8,9)10,36-27-19-13-20-28-36)37-29-21-14-22-30-37)40(33)42(47(2,3)4)58-60(34-23-15-11-16-24-34)35-25-17-12-18-26-35/h11-30,32,38-40,42,60H,1,31H2,2-10H3,(H,52,53,54,56)/t38-,39-,40+,42?/m0/s1. The normalized spacial score (nSPS) is 18.1. The van der Waals surface area contributed by atoms with E-state index in [1.165, 1.54) is 20.7 Å². The number of benzene rings is 4. The third-order valence-corrected chi connectivity index (χ3v) is 19.3. The molecule has 7 rings (SSSR count). The first-order chi connectivity index (χ1) is 28.9. The number of anilines is 1. The highest BCUT2D eigenvalue weighted by atomic mass is 35.5. The summed E-state index contributed by atoms with van der Waals surface area (Å²) in [7, 11) is -5.39. The number of hydrogen-bond donors (Lipinski definition) is 1. The van der Waals surface area contributed by atoms with Gasteiger partial charge in [0.05, 0.1) is 24.6 Å². The van der Waals surface area contributed by atoms with Crippen molar-refractivity contribution in [3.05, 3.63) is 145 Å². The average molecular weight is 873 g/mol. The van der Waals surface area contributed by atoms with Crippen molar-refractivity contribution < 1.29 is 18.4 Å². The summed E-state index contributed by atoms with van der Waals surface area (Å²) in [6.07, 6.45) is 0.971. The molecule has 61 heavy (non-hydrogen) atoms. The van der Waals surface area contributed by atoms with Gasteiger partial charge in [0.15, 0.2) is 10.8 Å². The fraction of sp³-hybridized carbons (Fsp3) is 0.347. The van der Waals surface area contributed by atoms with Crippen LogP contribution in [-0.4, -0.2) is 60.8 Å². The van der Waals surface area contributed by atoms with Crippen LogP contribution in [0, 0.1) is 11.3 Å². The van der Waals surface area contributed by atoms with Gasteiger partial charge in [-0.3, -0.25) is 5.32 Å². The van der Waals surface area contributed by atoms with E-state index in [2.05, 4.69) is 173 Å². The number of imidazole rings is 1. The van der Waals surface area contributed by atoms with E-state index >= 15 is 0 Å². The molecule has 1 unspecified atom stereocenters. The molecule has 2 aromatic heterocycles. The lowest BCUT2D eigenvalue weighted by molar-refractivity contribution is 0.00533. The van der Waals surface area contributed by atoms with Gasteiger partial charge in [0.1, 0.15) is 11.1 Å². The number of hydrogen-bond acceptors (Lipinski definition) is 7. The molecule has 1 amide bonds. The minimum absolute atomic E-state index is 0.0178. The molecular formula is C49H58ClN5O4Si2. The van der Waals surface area contributed by atoms with Crippen molar-refractivity contribution in [1.29, 1.82) is 0 Å². The largest absolute Gasteiger partial charge is 0.444 e. The van der Waals surface area contributed by atoms with E-state index in [1.807, 2.05) is 4.57 Å². The van der Waals surface area contributed by atoms with Crippen LogP contribution in [0.25, 0.3) is 11.2 Å². The number of rotatable bonds is 11. The molecule has 1 saturated carbocycles. The van der Waals surface area contributed by atoms with Crippen LogP contribution in [-0.2, 0) is 13.6 Å². The Bertz CT molecular complexity index is 2370. The molecule has 6 aromatic rings. The maximum atomic E-state index is 12.9. The number of aromatic nitrogens is 4. The number of nitrogens with zero attached hydrogens (tertiary/aromatic N) is 4. The molecule has 0 aliphatic heterocycles. The summed E-state index contributed by atoms with van der Waals surface area (Å²) in [6.45, 7) is 24.0. The maximum absolute atomic E-state index is 12.9. The second-order valence-electron chi connectivity index (χ2n) is 19.1. The Morgan fingerprint density at radius 1 is 0.803 bits per heavy atom. The van der Waals surface area contributed by atoms with Crippen LogP contribution in [0.15, 0.2) is 140 Å². The summed E-state index contributed by atoms with van der Waals surface area (Å²) in [5, 5.41) is 7.30. The van der Waals surface area contributed by atoms with Crippen LogP contribution in [0.3, 0.4) is 0 Å². The van der Waals surface area contributed by atoms with Crippen molar-refractivity contribution in [2.45, 2.75) is 97.6 Å². The van der Waals surface area contributed by atoms with Crippen molar-refractivity contribution in [2.75, 3.05) is 5.32 Å². The molecule has 0 radical (unpaired) electrons. The third kappa shape index (κ3) is 9.32. The van der Waals surface area contributed by atoms with Crippen molar-refractivity contribution in [1.82, 2.24) is 19.5 Å². The molecule has 1 N–H and O–H groups in total. The van der Waals surface area contributed by atoms with Crippen LogP contribution in [0.1, 0.15) is 74.8 Å². The van der Waals surface area contributed by atoms with Gasteiger partial charge >= 0.3 is 6.09 Å². The van der Waals surface area contributed by atoms with Gasteiger partial charge in [0.25, 0.3) is 8.32 Å². The van der Waals surface area contributed by atoms with Crippen molar-refractivity contribution in [2.24, 2.45) is 11.3 Å². The average Bonchev–Trinajstić information content (AvgIpc) is 3.77. The lowest BCUT2D eigenvalue weighted by Gasteiger charge is -2.47. The zero-order valence-corrected chi connectivity index (χ0v) is 39.6. The Kier molecular flexibility index (Phi) is 12.6. The number of fused-ring (bicyclic) bond motifs is 1. The van der Waals surface area contributed by atoms with Gasteiger partial charge in [-0.15, -0.1) is 0 Å². The smallest absolute Gasteiger partial charge is 0.414 e. The Labute approximate surface area is 368 Å². The number of carbonyl (C=O) groups is 1. The van der Waals surface area contributed by atoms with Gasteiger partial charge in [-0.1, -0.05) is 181 Å². The van der Waals surface area contributed by atoms with E-state index in [9.17, 15) is 4.79 Å². The number of amides is 1. The van der Waals surface area contributed by atoms with Crippen molar-refractivity contribution in [3.63, 3.8) is 0 Å². The maximum Gasteiger partial charge on any atom is 0.414 e. The number of halogens is 1. The fourth-order valence-corrected chi connectivity index (χ4v) is 16.5. The lowest BCUT2D eigenvalue weighted by atomic mass is 9.78. The molecular weight excluding hydrogens is 814 g/mol. The first kappa shape index (κ1) is 44.1. The number of carbonyl (C=O) groups excluding carboxylic acids is 1. The number of nitrogens with one attached hydrogen (secondary N) is 1. The van der Waals surface area contributed by atoms with Gasteiger partial charge in [-0.05, 0) is 64.0 Å². The minimum atomic E-state index is -3.10. The molecule has 318 valence electrons. The zero-order chi connectivity index (χ0) is 43.7. The van der Waals surface area contributed by atoms with E-state index in [0.717, 1.165) is 5.57 Å². The summed E-state index contributed by atoms with van der Waals surface area (Å²) in [6, 6.07) is 42.4. The zero-order valence-electron chi connectivity index (χ0n) is 36.7. The first-order valence-electron chi connectivity index (χ1n) is 21.0. The summed E-state index contributed by atoms with van der Waals surface area (Å²) in [5.41, 5.74) is 0.771. The second-order valence-corrected chi connectivity index (χ2v) is 26.1. The van der Waals surface area contributed by atoms with E-state index in [4.69, 9.17) is 41.7 Å². The third-order valence-electron chi connectivity index (χ3n) is 11.5. The molecule has 0 saturated heterocycles. The Hall–Kier alpha value is -4.92. The molecule has 1 aliphatic carbocycles. The highest BCUT2D eigenvalue weighted by molar-refractivity contribution is 6.99. The van der Waals surface area contributed by atoms with Gasteiger partial charge in [0, 0.05) is 5.92 Å². The monoisotopic (exact) mass is 871 g/mol. The molecule has 12 heteroatoms. The second kappa shape index (κ2) is 17.5. The Balaban J connectivity index is 1.40. The van der Waals surface area contributed by atoms with Gasteiger partial charge in [-0.25, -0.2) is 9.78 Å². The summed E-state index contributed by atoms with van der Waals surface area (Å²) in [4.78, 5) is 26.8. The topological polar surface area (TPSA) is 100 Å². The molecule has 1 aliphatic rings. The Morgan fingerprint density at radius 2 is 1.31 bits per heavy atom. The summed E-state index contributed by atoms with van der Waals surface area (Å²) < 4.78 is 23.4. The molecule has 2 heterocycles.